The molecule has 0 saturated carbocycles. The average molecular weight is 360 g/mol. The zero-order valence-corrected chi connectivity index (χ0v) is 16.1. The van der Waals surface area contributed by atoms with Crippen LogP contribution in [-0.4, -0.2) is 22.9 Å². The molecule has 0 bridgehead atoms. The minimum atomic E-state index is -0.151. The highest BCUT2D eigenvalue weighted by atomic mass is 16.2. The minimum absolute atomic E-state index is 0.113. The topological polar surface area (TPSA) is 58.1 Å². The van der Waals surface area contributed by atoms with Gasteiger partial charge in [-0.1, -0.05) is 51.1 Å². The number of aromatic nitrogens is 2. The van der Waals surface area contributed by atoms with Crippen LogP contribution < -0.4 is 10.2 Å². The molecule has 0 aliphatic carbocycles. The Kier molecular flexibility index (Phi) is 5.21. The molecule has 1 amide bonds. The van der Waals surface area contributed by atoms with Gasteiger partial charge in [-0.05, 0) is 35.2 Å². The third-order valence-electron chi connectivity index (χ3n) is 4.35. The van der Waals surface area contributed by atoms with E-state index in [1.54, 1.807) is 24.3 Å². The van der Waals surface area contributed by atoms with Crippen molar-refractivity contribution >= 4 is 23.2 Å². The molecule has 3 rings (SSSR count). The van der Waals surface area contributed by atoms with Crippen LogP contribution >= 0.6 is 0 Å². The zero-order valence-electron chi connectivity index (χ0n) is 16.1. The Morgan fingerprint density at radius 2 is 1.52 bits per heavy atom. The molecule has 0 unspecified atom stereocenters. The number of anilines is 3. The first-order valence-corrected chi connectivity index (χ1v) is 8.87. The number of rotatable bonds is 4. The van der Waals surface area contributed by atoms with Crippen molar-refractivity contribution in [1.82, 2.24) is 9.97 Å². The van der Waals surface area contributed by atoms with Crippen molar-refractivity contribution in [2.45, 2.75) is 26.2 Å². The molecule has 27 heavy (non-hydrogen) atoms. The van der Waals surface area contributed by atoms with Gasteiger partial charge in [-0.3, -0.25) is 4.79 Å². The van der Waals surface area contributed by atoms with Gasteiger partial charge < -0.3 is 10.2 Å². The Hall–Kier alpha value is -3.21. The second-order valence-corrected chi connectivity index (χ2v) is 7.45. The maximum Gasteiger partial charge on any atom is 0.261 e. The highest BCUT2D eigenvalue weighted by Crippen LogP contribution is 2.24. The lowest BCUT2D eigenvalue weighted by Crippen LogP contribution is -2.26. The van der Waals surface area contributed by atoms with E-state index in [1.807, 2.05) is 42.5 Å². The molecular formula is C22H24N4O. The maximum atomic E-state index is 12.6. The van der Waals surface area contributed by atoms with E-state index in [0.717, 1.165) is 11.4 Å². The largest absolute Gasteiger partial charge is 0.324 e. The van der Waals surface area contributed by atoms with Crippen LogP contribution in [0.15, 0.2) is 67.0 Å². The summed E-state index contributed by atoms with van der Waals surface area (Å²) in [6.45, 7) is 6.54. The standard InChI is InChI=1S/C22H24N4O/c1-22(2,3)17-10-12-18(13-11-17)25-21-23-14-16(15-24-21)20(27)26(4)19-8-6-5-7-9-19/h5-15H,1-4H3,(H,23,24,25). The molecule has 5 heteroatoms. The summed E-state index contributed by atoms with van der Waals surface area (Å²) >= 11 is 0. The van der Waals surface area contributed by atoms with Crippen molar-refractivity contribution in [2.24, 2.45) is 0 Å². The molecule has 0 fully saturated rings. The summed E-state index contributed by atoms with van der Waals surface area (Å²) in [5, 5.41) is 3.16. The molecule has 3 aromatic rings. The molecule has 1 N–H and O–H groups in total. The molecule has 0 aliphatic heterocycles. The Morgan fingerprint density at radius 3 is 2.07 bits per heavy atom. The van der Waals surface area contributed by atoms with E-state index in [2.05, 4.69) is 48.2 Å². The summed E-state index contributed by atoms with van der Waals surface area (Å²) in [4.78, 5) is 22.7. The van der Waals surface area contributed by atoms with Gasteiger partial charge in [-0.2, -0.15) is 0 Å². The molecule has 1 aromatic heterocycles. The van der Waals surface area contributed by atoms with Gasteiger partial charge in [0.25, 0.3) is 5.91 Å². The molecule has 0 spiro atoms. The van der Waals surface area contributed by atoms with Gasteiger partial charge in [0.1, 0.15) is 0 Å². The van der Waals surface area contributed by atoms with Crippen LogP contribution in [0.25, 0.3) is 0 Å². The molecule has 0 aliphatic rings. The molecule has 138 valence electrons. The van der Waals surface area contributed by atoms with Crippen molar-refractivity contribution in [3.63, 3.8) is 0 Å². The SMILES string of the molecule is CN(C(=O)c1cnc(Nc2ccc(C(C)(C)C)cc2)nc1)c1ccccc1. The normalized spacial score (nSPS) is 11.1. The number of amides is 1. The van der Waals surface area contributed by atoms with E-state index in [4.69, 9.17) is 0 Å². The van der Waals surface area contributed by atoms with E-state index >= 15 is 0 Å². The number of benzene rings is 2. The first kappa shape index (κ1) is 18.6. The highest BCUT2D eigenvalue weighted by Gasteiger charge is 2.15. The minimum Gasteiger partial charge on any atom is -0.324 e. The summed E-state index contributed by atoms with van der Waals surface area (Å²) in [6.07, 6.45) is 3.08. The Labute approximate surface area is 160 Å². The van der Waals surface area contributed by atoms with Gasteiger partial charge in [0.2, 0.25) is 5.95 Å². The van der Waals surface area contributed by atoms with Crippen molar-refractivity contribution in [1.29, 1.82) is 0 Å². The monoisotopic (exact) mass is 360 g/mol. The van der Waals surface area contributed by atoms with Crippen molar-refractivity contribution < 1.29 is 4.79 Å². The van der Waals surface area contributed by atoms with E-state index in [0.29, 0.717) is 11.5 Å². The summed E-state index contributed by atoms with van der Waals surface area (Å²) in [5.41, 5.74) is 3.54. The number of hydrogen-bond donors (Lipinski definition) is 1. The Bertz CT molecular complexity index is 898. The van der Waals surface area contributed by atoms with E-state index in [1.165, 1.54) is 5.56 Å². The second-order valence-electron chi connectivity index (χ2n) is 7.45. The number of nitrogens with zero attached hydrogens (tertiary/aromatic N) is 3. The zero-order chi connectivity index (χ0) is 19.4. The first-order valence-electron chi connectivity index (χ1n) is 8.87. The van der Waals surface area contributed by atoms with Crippen LogP contribution in [0.2, 0.25) is 0 Å². The molecule has 0 atom stereocenters. The van der Waals surface area contributed by atoms with Crippen molar-refractivity contribution in [3.8, 4) is 0 Å². The van der Waals surface area contributed by atoms with Crippen LogP contribution in [0.4, 0.5) is 17.3 Å². The van der Waals surface area contributed by atoms with Crippen LogP contribution in [-0.2, 0) is 5.41 Å². The Morgan fingerprint density at radius 1 is 0.926 bits per heavy atom. The molecule has 0 radical (unpaired) electrons. The van der Waals surface area contributed by atoms with Crippen molar-refractivity contribution in [2.75, 3.05) is 17.3 Å². The van der Waals surface area contributed by atoms with Crippen LogP contribution in [0, 0.1) is 0 Å². The predicted octanol–water partition coefficient (Wildman–Crippen LogP) is 4.79. The fourth-order valence-electron chi connectivity index (χ4n) is 2.65. The van der Waals surface area contributed by atoms with E-state index in [9.17, 15) is 4.79 Å². The third kappa shape index (κ3) is 4.50. The van der Waals surface area contributed by atoms with Crippen LogP contribution in [0.3, 0.4) is 0 Å². The number of hydrogen-bond acceptors (Lipinski definition) is 4. The smallest absolute Gasteiger partial charge is 0.261 e. The Balaban J connectivity index is 1.69. The summed E-state index contributed by atoms with van der Waals surface area (Å²) in [5.74, 6) is 0.305. The van der Waals surface area contributed by atoms with E-state index in [-0.39, 0.29) is 11.3 Å². The van der Waals surface area contributed by atoms with Gasteiger partial charge in [0.05, 0.1) is 5.56 Å². The van der Waals surface area contributed by atoms with Crippen molar-refractivity contribution in [3.05, 3.63) is 78.1 Å². The van der Waals surface area contributed by atoms with Gasteiger partial charge in [-0.15, -0.1) is 0 Å². The summed E-state index contributed by atoms with van der Waals surface area (Å²) in [7, 11) is 1.74. The average Bonchev–Trinajstić information content (AvgIpc) is 2.68. The first-order chi connectivity index (χ1) is 12.8. The number of para-hydroxylation sites is 1. The molecule has 0 saturated heterocycles. The van der Waals surface area contributed by atoms with E-state index < -0.39 is 0 Å². The lowest BCUT2D eigenvalue weighted by Gasteiger charge is -2.19. The molecule has 1 heterocycles. The van der Waals surface area contributed by atoms with Crippen LogP contribution in [0.1, 0.15) is 36.7 Å². The summed E-state index contributed by atoms with van der Waals surface area (Å²) in [6, 6.07) is 17.7. The lowest BCUT2D eigenvalue weighted by atomic mass is 9.87. The predicted molar refractivity (Wildman–Crippen MR) is 110 cm³/mol. The quantitative estimate of drug-likeness (QED) is 0.726. The highest BCUT2D eigenvalue weighted by molar-refractivity contribution is 6.05. The van der Waals surface area contributed by atoms with Gasteiger partial charge >= 0.3 is 0 Å². The number of nitrogens with one attached hydrogen (secondary N) is 1. The number of carbonyl (C=O) groups excluding carboxylic acids is 1. The second kappa shape index (κ2) is 7.58. The van der Waals surface area contributed by atoms with Crippen LogP contribution in [0.5, 0.6) is 0 Å². The maximum absolute atomic E-state index is 12.6. The lowest BCUT2D eigenvalue weighted by molar-refractivity contribution is 0.0992. The third-order valence-corrected chi connectivity index (χ3v) is 4.35. The summed E-state index contributed by atoms with van der Waals surface area (Å²) < 4.78 is 0. The molecule has 5 nitrogen and oxygen atoms in total. The fourth-order valence-corrected chi connectivity index (χ4v) is 2.65. The molecule has 2 aromatic carbocycles. The van der Waals surface area contributed by atoms with Gasteiger partial charge in [0.15, 0.2) is 0 Å². The van der Waals surface area contributed by atoms with Gasteiger partial charge in [-0.25, -0.2) is 9.97 Å². The van der Waals surface area contributed by atoms with Gasteiger partial charge in [0, 0.05) is 30.8 Å². The number of carbonyl (C=O) groups is 1. The fraction of sp³-hybridized carbons (Fsp3) is 0.227. The molecular weight excluding hydrogens is 336 g/mol.